The van der Waals surface area contributed by atoms with Crippen molar-refractivity contribution in [3.63, 3.8) is 0 Å². The highest BCUT2D eigenvalue weighted by atomic mass is 35.5. The van der Waals surface area contributed by atoms with Gasteiger partial charge in [0.25, 0.3) is 5.91 Å². The highest BCUT2D eigenvalue weighted by molar-refractivity contribution is 6.43. The molecule has 120 valence electrons. The van der Waals surface area contributed by atoms with Crippen molar-refractivity contribution in [3.05, 3.63) is 34.9 Å². The van der Waals surface area contributed by atoms with Crippen LogP contribution in [-0.2, 0) is 4.79 Å². The third-order valence-electron chi connectivity index (χ3n) is 2.96. The van der Waals surface area contributed by atoms with E-state index in [-0.39, 0.29) is 18.0 Å². The predicted molar refractivity (Wildman–Crippen MR) is 85.4 cm³/mol. The first-order chi connectivity index (χ1) is 10.3. The van der Waals surface area contributed by atoms with E-state index in [0.29, 0.717) is 11.4 Å². The Bertz CT molecular complexity index is 525. The Hall–Kier alpha value is -1.57. The van der Waals surface area contributed by atoms with E-state index >= 15 is 0 Å². The van der Waals surface area contributed by atoms with Gasteiger partial charge in [-0.2, -0.15) is 0 Å². The molecule has 2 amide bonds. The molecule has 0 aliphatic carbocycles. The molecule has 0 unspecified atom stereocenters. The molecule has 6 nitrogen and oxygen atoms in total. The number of carbonyl (C=O) groups is 2. The maximum absolute atomic E-state index is 11.9. The largest absolute Gasteiger partial charge is 0.475 e. The Morgan fingerprint density at radius 3 is 2.45 bits per heavy atom. The fourth-order valence-corrected chi connectivity index (χ4v) is 2.14. The van der Waals surface area contributed by atoms with Crippen molar-refractivity contribution >= 4 is 30.5 Å². The van der Waals surface area contributed by atoms with E-state index in [1.54, 1.807) is 24.3 Å². The zero-order chi connectivity index (χ0) is 16.7. The van der Waals surface area contributed by atoms with Crippen LogP contribution >= 0.6 is 11.6 Å². The van der Waals surface area contributed by atoms with Crippen LogP contribution < -0.4 is 10.6 Å². The van der Waals surface area contributed by atoms with E-state index < -0.39 is 24.9 Å². The molecule has 0 saturated heterocycles. The van der Waals surface area contributed by atoms with Crippen LogP contribution in [0.2, 0.25) is 5.02 Å². The quantitative estimate of drug-likeness (QED) is 0.552. The molecule has 0 fully saturated rings. The van der Waals surface area contributed by atoms with E-state index in [4.69, 9.17) is 11.6 Å². The van der Waals surface area contributed by atoms with Crippen LogP contribution in [0.25, 0.3) is 0 Å². The number of hydrogen-bond donors (Lipinski definition) is 4. The Labute approximate surface area is 135 Å². The van der Waals surface area contributed by atoms with Gasteiger partial charge in [0, 0.05) is 0 Å². The van der Waals surface area contributed by atoms with Crippen LogP contribution in [0.3, 0.4) is 0 Å². The Morgan fingerprint density at radius 1 is 1.27 bits per heavy atom. The van der Waals surface area contributed by atoms with Crippen molar-refractivity contribution < 1.29 is 19.6 Å². The Kier molecular flexibility index (Phi) is 7.37. The Morgan fingerprint density at radius 2 is 1.91 bits per heavy atom. The third-order valence-corrected chi connectivity index (χ3v) is 3.29. The molecular formula is C14H20BClN2O4. The van der Waals surface area contributed by atoms with Gasteiger partial charge >= 0.3 is 7.12 Å². The number of halogens is 1. The second-order valence-electron chi connectivity index (χ2n) is 5.38. The highest BCUT2D eigenvalue weighted by Gasteiger charge is 2.26. The van der Waals surface area contributed by atoms with Crippen molar-refractivity contribution in [1.29, 1.82) is 0 Å². The minimum atomic E-state index is -1.65. The maximum Gasteiger partial charge on any atom is 0.475 e. The lowest BCUT2D eigenvalue weighted by atomic mass is 9.75. The molecule has 1 aromatic carbocycles. The summed E-state index contributed by atoms with van der Waals surface area (Å²) in [6.45, 7) is 3.53. The van der Waals surface area contributed by atoms with Crippen molar-refractivity contribution in [2.45, 2.75) is 26.2 Å². The molecule has 1 atom stereocenters. The first-order valence-corrected chi connectivity index (χ1v) is 7.37. The molecule has 0 bridgehead atoms. The molecule has 22 heavy (non-hydrogen) atoms. The molecule has 0 heterocycles. The number of hydrogen-bond acceptors (Lipinski definition) is 4. The summed E-state index contributed by atoms with van der Waals surface area (Å²) in [6.07, 6.45) is 0.419. The van der Waals surface area contributed by atoms with E-state index in [2.05, 4.69) is 10.6 Å². The van der Waals surface area contributed by atoms with Gasteiger partial charge < -0.3 is 20.7 Å². The summed E-state index contributed by atoms with van der Waals surface area (Å²) < 4.78 is 0. The van der Waals surface area contributed by atoms with Gasteiger partial charge in [-0.1, -0.05) is 37.6 Å². The van der Waals surface area contributed by atoms with E-state index in [9.17, 15) is 19.6 Å². The summed E-state index contributed by atoms with van der Waals surface area (Å²) in [6, 6.07) is 6.50. The number of amides is 2. The van der Waals surface area contributed by atoms with Crippen LogP contribution in [0.1, 0.15) is 30.6 Å². The van der Waals surface area contributed by atoms with Crippen LogP contribution in [0.4, 0.5) is 0 Å². The maximum atomic E-state index is 11.9. The van der Waals surface area contributed by atoms with Crippen molar-refractivity contribution in [3.8, 4) is 0 Å². The minimum Gasteiger partial charge on any atom is -0.426 e. The van der Waals surface area contributed by atoms with Crippen LogP contribution in [-0.4, -0.2) is 41.5 Å². The second-order valence-corrected chi connectivity index (χ2v) is 5.79. The lowest BCUT2D eigenvalue weighted by Gasteiger charge is -2.19. The lowest BCUT2D eigenvalue weighted by molar-refractivity contribution is -0.120. The number of nitrogens with one attached hydrogen (secondary N) is 2. The zero-order valence-electron chi connectivity index (χ0n) is 12.5. The minimum absolute atomic E-state index is 0.185. The molecule has 1 aromatic rings. The van der Waals surface area contributed by atoms with Crippen molar-refractivity contribution in [1.82, 2.24) is 10.6 Å². The first-order valence-electron chi connectivity index (χ1n) is 6.99. The van der Waals surface area contributed by atoms with Gasteiger partial charge in [-0.05, 0) is 24.5 Å². The van der Waals surface area contributed by atoms with Gasteiger partial charge in [-0.25, -0.2) is 0 Å². The van der Waals surface area contributed by atoms with Gasteiger partial charge in [-0.15, -0.1) is 0 Å². The number of benzene rings is 1. The molecule has 0 spiro atoms. The van der Waals surface area contributed by atoms with Gasteiger partial charge in [0.2, 0.25) is 5.91 Å². The standard InChI is InChI=1S/C14H20BClN2O4/c1-9(2)7-12(15(21)22)18-13(19)8-17-14(20)10-5-3-4-6-11(10)16/h3-6,9,12,21-22H,7-8H2,1-2H3,(H,17,20)(H,18,19)/t12-/m0/s1. The average molecular weight is 327 g/mol. The molecular weight excluding hydrogens is 306 g/mol. The molecule has 0 radical (unpaired) electrons. The summed E-state index contributed by atoms with van der Waals surface area (Å²) in [5, 5.41) is 23.7. The average Bonchev–Trinajstić information content (AvgIpc) is 2.44. The lowest BCUT2D eigenvalue weighted by Crippen LogP contribution is -2.50. The van der Waals surface area contributed by atoms with Gasteiger partial charge in [-0.3, -0.25) is 9.59 Å². The van der Waals surface area contributed by atoms with Crippen molar-refractivity contribution in [2.75, 3.05) is 6.54 Å². The molecule has 0 saturated carbocycles. The van der Waals surface area contributed by atoms with E-state index in [1.165, 1.54) is 0 Å². The normalized spacial score (nSPS) is 11.9. The monoisotopic (exact) mass is 326 g/mol. The SMILES string of the molecule is CC(C)C[C@H](NC(=O)CNC(=O)c1ccccc1Cl)B(O)O. The summed E-state index contributed by atoms with van der Waals surface area (Å²) in [5.74, 6) is -1.56. The molecule has 0 aromatic heterocycles. The molecule has 1 rings (SSSR count). The molecule has 8 heteroatoms. The summed E-state index contributed by atoms with van der Waals surface area (Å²) in [7, 11) is -1.65. The third kappa shape index (κ3) is 6.05. The fraction of sp³-hybridized carbons (Fsp3) is 0.429. The van der Waals surface area contributed by atoms with E-state index in [0.717, 1.165) is 0 Å². The smallest absolute Gasteiger partial charge is 0.426 e. The summed E-state index contributed by atoms with van der Waals surface area (Å²) >= 11 is 5.89. The molecule has 0 aliphatic rings. The predicted octanol–water partition coefficient (Wildman–Crippen LogP) is 0.613. The van der Waals surface area contributed by atoms with Gasteiger partial charge in [0.15, 0.2) is 0 Å². The summed E-state index contributed by atoms with van der Waals surface area (Å²) in [5.41, 5.74) is 0.276. The zero-order valence-corrected chi connectivity index (χ0v) is 13.3. The van der Waals surface area contributed by atoms with Crippen LogP contribution in [0, 0.1) is 5.92 Å². The van der Waals surface area contributed by atoms with Gasteiger partial charge in [0.05, 0.1) is 23.1 Å². The number of carbonyl (C=O) groups excluding carboxylic acids is 2. The van der Waals surface area contributed by atoms with Gasteiger partial charge in [0.1, 0.15) is 0 Å². The Balaban J connectivity index is 2.51. The highest BCUT2D eigenvalue weighted by Crippen LogP contribution is 2.14. The summed E-state index contributed by atoms with van der Waals surface area (Å²) in [4.78, 5) is 23.7. The second kappa shape index (κ2) is 8.78. The number of rotatable bonds is 7. The topological polar surface area (TPSA) is 98.7 Å². The first kappa shape index (κ1) is 18.5. The van der Waals surface area contributed by atoms with Crippen LogP contribution in [0.5, 0.6) is 0 Å². The van der Waals surface area contributed by atoms with Crippen LogP contribution in [0.15, 0.2) is 24.3 Å². The fourth-order valence-electron chi connectivity index (χ4n) is 1.92. The van der Waals surface area contributed by atoms with Crippen molar-refractivity contribution in [2.24, 2.45) is 5.92 Å². The molecule has 0 aliphatic heterocycles. The van der Waals surface area contributed by atoms with E-state index in [1.807, 2.05) is 13.8 Å². The molecule has 4 N–H and O–H groups in total.